The summed E-state index contributed by atoms with van der Waals surface area (Å²) in [6, 6.07) is 2.02. The molecular formula is C10H13F3N2O. The number of nitrogens with one attached hydrogen (secondary N) is 1. The largest absolute Gasteiger partial charge is 0.419 e. The van der Waals surface area contributed by atoms with Crippen LogP contribution < -0.4 is 5.32 Å². The van der Waals surface area contributed by atoms with Crippen molar-refractivity contribution in [3.05, 3.63) is 23.9 Å². The highest BCUT2D eigenvalue weighted by Crippen LogP contribution is 2.33. The van der Waals surface area contributed by atoms with E-state index < -0.39 is 11.7 Å². The fourth-order valence-electron chi connectivity index (χ4n) is 1.27. The average Bonchev–Trinajstić information content (AvgIpc) is 2.17. The Labute approximate surface area is 91.6 Å². The summed E-state index contributed by atoms with van der Waals surface area (Å²) in [5.74, 6) is -0.167. The summed E-state index contributed by atoms with van der Waals surface area (Å²) in [5.41, 5.74) is -0.766. The fourth-order valence-corrected chi connectivity index (χ4v) is 1.27. The molecule has 1 aromatic heterocycles. The standard InChI is InChI=1S/C10H13F3N2O/c1-7(6-16-2)15-9-8(10(11,12)13)4-3-5-14-9/h3-5,7H,6H2,1-2H3,(H,14,15). The van der Waals surface area contributed by atoms with Crippen LogP contribution in [0.3, 0.4) is 0 Å². The second-order valence-corrected chi connectivity index (χ2v) is 3.40. The maximum absolute atomic E-state index is 12.6. The van der Waals surface area contributed by atoms with Gasteiger partial charge in [-0.25, -0.2) is 4.98 Å². The van der Waals surface area contributed by atoms with Crippen LogP contribution >= 0.6 is 0 Å². The average molecular weight is 234 g/mol. The van der Waals surface area contributed by atoms with Crippen LogP contribution in [0.25, 0.3) is 0 Å². The SMILES string of the molecule is COCC(C)Nc1ncccc1C(F)(F)F. The number of alkyl halides is 3. The van der Waals surface area contributed by atoms with Crippen LogP contribution in [-0.4, -0.2) is 24.7 Å². The molecular weight excluding hydrogens is 221 g/mol. The molecule has 1 unspecified atom stereocenters. The number of ether oxygens (including phenoxy) is 1. The number of rotatable bonds is 4. The summed E-state index contributed by atoms with van der Waals surface area (Å²) in [5, 5.41) is 2.66. The monoisotopic (exact) mass is 234 g/mol. The van der Waals surface area contributed by atoms with Gasteiger partial charge in [0.15, 0.2) is 0 Å². The van der Waals surface area contributed by atoms with Crippen molar-refractivity contribution in [1.82, 2.24) is 4.98 Å². The topological polar surface area (TPSA) is 34.1 Å². The predicted octanol–water partition coefficient (Wildman–Crippen LogP) is 2.55. The minimum absolute atomic E-state index is 0.167. The summed E-state index contributed by atoms with van der Waals surface area (Å²) in [6.45, 7) is 2.03. The second-order valence-electron chi connectivity index (χ2n) is 3.40. The first-order chi connectivity index (χ1) is 7.45. The minimum Gasteiger partial charge on any atom is -0.383 e. The zero-order valence-electron chi connectivity index (χ0n) is 9.01. The van der Waals surface area contributed by atoms with E-state index in [4.69, 9.17) is 4.74 Å². The molecule has 1 N–H and O–H groups in total. The quantitative estimate of drug-likeness (QED) is 0.869. The molecule has 0 spiro atoms. The molecule has 1 atom stereocenters. The Balaban J connectivity index is 2.87. The van der Waals surface area contributed by atoms with E-state index in [-0.39, 0.29) is 11.9 Å². The Bertz CT molecular complexity index is 341. The van der Waals surface area contributed by atoms with Crippen LogP contribution in [0.15, 0.2) is 18.3 Å². The van der Waals surface area contributed by atoms with Gasteiger partial charge in [-0.15, -0.1) is 0 Å². The number of pyridine rings is 1. The highest BCUT2D eigenvalue weighted by molar-refractivity contribution is 5.46. The number of anilines is 1. The summed E-state index contributed by atoms with van der Waals surface area (Å²) < 4.78 is 42.5. The maximum atomic E-state index is 12.6. The van der Waals surface area contributed by atoms with Crippen LogP contribution in [0.1, 0.15) is 12.5 Å². The van der Waals surface area contributed by atoms with E-state index in [1.165, 1.54) is 19.4 Å². The van der Waals surface area contributed by atoms with E-state index in [0.717, 1.165) is 6.07 Å². The zero-order valence-corrected chi connectivity index (χ0v) is 9.01. The fraction of sp³-hybridized carbons (Fsp3) is 0.500. The molecule has 0 aliphatic heterocycles. The van der Waals surface area contributed by atoms with Crippen molar-refractivity contribution in [2.24, 2.45) is 0 Å². The maximum Gasteiger partial charge on any atom is 0.419 e. The lowest BCUT2D eigenvalue weighted by Gasteiger charge is -2.17. The molecule has 1 heterocycles. The van der Waals surface area contributed by atoms with Crippen molar-refractivity contribution in [2.75, 3.05) is 19.0 Å². The van der Waals surface area contributed by atoms with Gasteiger partial charge >= 0.3 is 6.18 Å². The first-order valence-electron chi connectivity index (χ1n) is 4.73. The Morgan fingerprint density at radius 1 is 1.50 bits per heavy atom. The number of hydrogen-bond donors (Lipinski definition) is 1. The summed E-state index contributed by atoms with van der Waals surface area (Å²) in [7, 11) is 1.49. The third kappa shape index (κ3) is 3.37. The molecule has 6 heteroatoms. The van der Waals surface area contributed by atoms with Gasteiger partial charge in [0, 0.05) is 19.3 Å². The Kier molecular flexibility index (Phi) is 4.12. The summed E-state index contributed by atoms with van der Waals surface area (Å²) >= 11 is 0. The highest BCUT2D eigenvalue weighted by atomic mass is 19.4. The first kappa shape index (κ1) is 12.8. The Morgan fingerprint density at radius 3 is 2.75 bits per heavy atom. The van der Waals surface area contributed by atoms with Gasteiger partial charge in [0.25, 0.3) is 0 Å². The van der Waals surface area contributed by atoms with Crippen LogP contribution in [-0.2, 0) is 10.9 Å². The van der Waals surface area contributed by atoms with Crippen LogP contribution in [0.4, 0.5) is 19.0 Å². The van der Waals surface area contributed by atoms with Gasteiger partial charge < -0.3 is 10.1 Å². The van der Waals surface area contributed by atoms with Gasteiger partial charge in [-0.1, -0.05) is 0 Å². The minimum atomic E-state index is -4.40. The summed E-state index contributed by atoms with van der Waals surface area (Å²) in [6.07, 6.45) is -3.08. The third-order valence-electron chi connectivity index (χ3n) is 1.91. The van der Waals surface area contributed by atoms with E-state index in [2.05, 4.69) is 10.3 Å². The van der Waals surface area contributed by atoms with Crippen molar-refractivity contribution in [3.63, 3.8) is 0 Å². The molecule has 0 aromatic carbocycles. The highest BCUT2D eigenvalue weighted by Gasteiger charge is 2.34. The van der Waals surface area contributed by atoms with Gasteiger partial charge in [-0.2, -0.15) is 13.2 Å². The van der Waals surface area contributed by atoms with Gasteiger partial charge in [0.1, 0.15) is 5.82 Å². The van der Waals surface area contributed by atoms with E-state index in [0.29, 0.717) is 6.61 Å². The molecule has 3 nitrogen and oxygen atoms in total. The molecule has 1 rings (SSSR count). The van der Waals surface area contributed by atoms with Crippen molar-refractivity contribution >= 4 is 5.82 Å². The van der Waals surface area contributed by atoms with Crippen LogP contribution in [0.2, 0.25) is 0 Å². The smallest absolute Gasteiger partial charge is 0.383 e. The van der Waals surface area contributed by atoms with Crippen molar-refractivity contribution < 1.29 is 17.9 Å². The molecule has 0 saturated carbocycles. The van der Waals surface area contributed by atoms with E-state index in [9.17, 15) is 13.2 Å². The molecule has 0 aliphatic carbocycles. The molecule has 0 radical (unpaired) electrons. The lowest BCUT2D eigenvalue weighted by atomic mass is 10.2. The number of nitrogens with zero attached hydrogens (tertiary/aromatic N) is 1. The number of halogens is 3. The Hall–Kier alpha value is -1.30. The summed E-state index contributed by atoms with van der Waals surface area (Å²) in [4.78, 5) is 3.68. The zero-order chi connectivity index (χ0) is 12.2. The normalized spacial score (nSPS) is 13.6. The van der Waals surface area contributed by atoms with Gasteiger partial charge in [0.05, 0.1) is 12.2 Å². The first-order valence-corrected chi connectivity index (χ1v) is 4.73. The third-order valence-corrected chi connectivity index (χ3v) is 1.91. The molecule has 0 bridgehead atoms. The lowest BCUT2D eigenvalue weighted by molar-refractivity contribution is -0.137. The molecule has 0 amide bonds. The van der Waals surface area contributed by atoms with E-state index in [1.807, 2.05) is 0 Å². The molecule has 16 heavy (non-hydrogen) atoms. The van der Waals surface area contributed by atoms with Gasteiger partial charge in [-0.05, 0) is 19.1 Å². The van der Waals surface area contributed by atoms with Gasteiger partial charge in [-0.3, -0.25) is 0 Å². The van der Waals surface area contributed by atoms with Crippen LogP contribution in [0, 0.1) is 0 Å². The molecule has 0 aliphatic rings. The number of methoxy groups -OCH3 is 1. The number of hydrogen-bond acceptors (Lipinski definition) is 3. The van der Waals surface area contributed by atoms with E-state index in [1.54, 1.807) is 6.92 Å². The predicted molar refractivity (Wildman–Crippen MR) is 54.2 cm³/mol. The van der Waals surface area contributed by atoms with Crippen molar-refractivity contribution in [2.45, 2.75) is 19.1 Å². The lowest BCUT2D eigenvalue weighted by Crippen LogP contribution is -2.23. The number of aromatic nitrogens is 1. The van der Waals surface area contributed by atoms with E-state index >= 15 is 0 Å². The van der Waals surface area contributed by atoms with Crippen molar-refractivity contribution in [1.29, 1.82) is 0 Å². The van der Waals surface area contributed by atoms with Gasteiger partial charge in [0.2, 0.25) is 0 Å². The van der Waals surface area contributed by atoms with Crippen molar-refractivity contribution in [3.8, 4) is 0 Å². The molecule has 90 valence electrons. The molecule has 1 aromatic rings. The van der Waals surface area contributed by atoms with Crippen LogP contribution in [0.5, 0.6) is 0 Å². The Morgan fingerprint density at radius 2 is 2.19 bits per heavy atom. The second kappa shape index (κ2) is 5.16. The molecule has 0 fully saturated rings. The molecule has 0 saturated heterocycles.